The van der Waals surface area contributed by atoms with Crippen LogP contribution in [0.4, 0.5) is 0 Å². The number of para-hydroxylation sites is 1. The smallest absolute Gasteiger partial charge is 0.133 e. The van der Waals surface area contributed by atoms with Crippen LogP contribution in [0.15, 0.2) is 48.5 Å². The Morgan fingerprint density at radius 1 is 1.14 bits per heavy atom. The van der Waals surface area contributed by atoms with Crippen LogP contribution in [0, 0.1) is 0 Å². The minimum absolute atomic E-state index is 0.466. The zero-order chi connectivity index (χ0) is 14.7. The maximum atomic E-state index is 5.88. The number of hydrogen-bond acceptors (Lipinski definition) is 3. The third-order valence-electron chi connectivity index (χ3n) is 3.54. The van der Waals surface area contributed by atoms with Crippen LogP contribution in [-0.4, -0.2) is 16.3 Å². The van der Waals surface area contributed by atoms with Gasteiger partial charge in [0.15, 0.2) is 0 Å². The van der Waals surface area contributed by atoms with E-state index in [0.717, 1.165) is 28.8 Å². The normalized spacial score (nSPS) is 11.0. The molecule has 3 aromatic rings. The predicted octanol–water partition coefficient (Wildman–Crippen LogP) is 2.65. The SMILES string of the molecule is Cn1nc(COc2cccc(CCN)c2)c2ccccc21. The molecule has 0 amide bonds. The highest BCUT2D eigenvalue weighted by molar-refractivity contribution is 5.81. The van der Waals surface area contributed by atoms with Crippen molar-refractivity contribution in [1.29, 1.82) is 0 Å². The van der Waals surface area contributed by atoms with Gasteiger partial charge in [0.25, 0.3) is 0 Å². The summed E-state index contributed by atoms with van der Waals surface area (Å²) in [6.07, 6.45) is 0.865. The zero-order valence-electron chi connectivity index (χ0n) is 12.1. The minimum atomic E-state index is 0.466. The van der Waals surface area contributed by atoms with Crippen molar-refractivity contribution in [1.82, 2.24) is 9.78 Å². The van der Waals surface area contributed by atoms with Crippen LogP contribution in [0.25, 0.3) is 10.9 Å². The Kier molecular flexibility index (Phi) is 3.88. The maximum absolute atomic E-state index is 5.88. The molecule has 2 N–H and O–H groups in total. The van der Waals surface area contributed by atoms with Crippen LogP contribution in [0.2, 0.25) is 0 Å². The second kappa shape index (κ2) is 5.97. The van der Waals surface area contributed by atoms with E-state index in [0.29, 0.717) is 13.2 Å². The van der Waals surface area contributed by atoms with Gasteiger partial charge in [-0.2, -0.15) is 5.10 Å². The molecule has 4 nitrogen and oxygen atoms in total. The zero-order valence-corrected chi connectivity index (χ0v) is 12.1. The molecule has 0 unspecified atom stereocenters. The largest absolute Gasteiger partial charge is 0.487 e. The molecule has 3 rings (SSSR count). The second-order valence-electron chi connectivity index (χ2n) is 5.06. The van der Waals surface area contributed by atoms with Crippen molar-refractivity contribution in [3.63, 3.8) is 0 Å². The molecule has 21 heavy (non-hydrogen) atoms. The summed E-state index contributed by atoms with van der Waals surface area (Å²) in [5.74, 6) is 0.857. The van der Waals surface area contributed by atoms with E-state index in [4.69, 9.17) is 10.5 Å². The fourth-order valence-corrected chi connectivity index (χ4v) is 2.50. The van der Waals surface area contributed by atoms with E-state index in [-0.39, 0.29) is 0 Å². The molecule has 0 bridgehead atoms. The van der Waals surface area contributed by atoms with Crippen molar-refractivity contribution < 1.29 is 4.74 Å². The van der Waals surface area contributed by atoms with Gasteiger partial charge in [-0.1, -0.05) is 30.3 Å². The van der Waals surface area contributed by atoms with Gasteiger partial charge < -0.3 is 10.5 Å². The highest BCUT2D eigenvalue weighted by atomic mass is 16.5. The van der Waals surface area contributed by atoms with E-state index in [2.05, 4.69) is 23.3 Å². The molecule has 0 saturated carbocycles. The quantitative estimate of drug-likeness (QED) is 0.782. The molecule has 0 aliphatic heterocycles. The summed E-state index contributed by atoms with van der Waals surface area (Å²) in [7, 11) is 1.95. The number of fused-ring (bicyclic) bond motifs is 1. The molecule has 1 heterocycles. The molecule has 108 valence electrons. The van der Waals surface area contributed by atoms with Gasteiger partial charge in [-0.15, -0.1) is 0 Å². The number of nitrogens with zero attached hydrogens (tertiary/aromatic N) is 2. The van der Waals surface area contributed by atoms with Gasteiger partial charge in [0, 0.05) is 12.4 Å². The van der Waals surface area contributed by atoms with E-state index in [1.165, 1.54) is 5.56 Å². The first-order chi connectivity index (χ1) is 10.3. The highest BCUT2D eigenvalue weighted by Crippen LogP contribution is 2.20. The van der Waals surface area contributed by atoms with Gasteiger partial charge in [-0.3, -0.25) is 4.68 Å². The molecule has 2 aromatic carbocycles. The van der Waals surface area contributed by atoms with Crippen LogP contribution in [0.5, 0.6) is 5.75 Å². The predicted molar refractivity (Wildman–Crippen MR) is 84.2 cm³/mol. The molecule has 0 fully saturated rings. The average Bonchev–Trinajstić information content (AvgIpc) is 2.83. The van der Waals surface area contributed by atoms with Gasteiger partial charge in [-0.25, -0.2) is 0 Å². The summed E-state index contributed by atoms with van der Waals surface area (Å²) in [6, 6.07) is 16.2. The molecular formula is C17H19N3O. The van der Waals surface area contributed by atoms with Crippen molar-refractivity contribution in [2.45, 2.75) is 13.0 Å². The molecular weight excluding hydrogens is 262 g/mol. The minimum Gasteiger partial charge on any atom is -0.487 e. The Hall–Kier alpha value is -2.33. The summed E-state index contributed by atoms with van der Waals surface area (Å²) in [4.78, 5) is 0. The lowest BCUT2D eigenvalue weighted by atomic mass is 10.1. The topological polar surface area (TPSA) is 53.1 Å². The fourth-order valence-electron chi connectivity index (χ4n) is 2.50. The van der Waals surface area contributed by atoms with Gasteiger partial charge >= 0.3 is 0 Å². The van der Waals surface area contributed by atoms with Crippen molar-refractivity contribution in [3.8, 4) is 5.75 Å². The highest BCUT2D eigenvalue weighted by Gasteiger charge is 2.08. The number of aryl methyl sites for hydroxylation is 1. The molecule has 0 aliphatic rings. The van der Waals surface area contributed by atoms with E-state index >= 15 is 0 Å². The lowest BCUT2D eigenvalue weighted by Gasteiger charge is -2.06. The first-order valence-electron chi connectivity index (χ1n) is 7.10. The Labute approximate surface area is 124 Å². The summed E-state index contributed by atoms with van der Waals surface area (Å²) in [5.41, 5.74) is 8.86. The van der Waals surface area contributed by atoms with Gasteiger partial charge in [-0.05, 0) is 36.7 Å². The number of rotatable bonds is 5. The maximum Gasteiger partial charge on any atom is 0.133 e. The van der Waals surface area contributed by atoms with Crippen molar-refractivity contribution >= 4 is 10.9 Å². The van der Waals surface area contributed by atoms with E-state index in [1.807, 2.05) is 42.1 Å². The first kappa shape index (κ1) is 13.6. The van der Waals surface area contributed by atoms with E-state index in [1.54, 1.807) is 0 Å². The van der Waals surface area contributed by atoms with Crippen LogP contribution in [0.1, 0.15) is 11.3 Å². The average molecular weight is 281 g/mol. The van der Waals surface area contributed by atoms with Crippen molar-refractivity contribution in [3.05, 3.63) is 59.8 Å². The first-order valence-corrected chi connectivity index (χ1v) is 7.10. The number of nitrogens with two attached hydrogens (primary N) is 1. The summed E-state index contributed by atoms with van der Waals surface area (Å²) >= 11 is 0. The third kappa shape index (κ3) is 2.90. The standard InChI is InChI=1S/C17H19N3O/c1-20-17-8-3-2-7-15(17)16(19-20)12-21-14-6-4-5-13(11-14)9-10-18/h2-8,11H,9-10,12,18H2,1H3. The number of hydrogen-bond donors (Lipinski definition) is 1. The van der Waals surface area contributed by atoms with Gasteiger partial charge in [0.1, 0.15) is 18.1 Å². The lowest BCUT2D eigenvalue weighted by molar-refractivity contribution is 0.301. The molecule has 0 spiro atoms. The van der Waals surface area contributed by atoms with Crippen LogP contribution >= 0.6 is 0 Å². The number of benzene rings is 2. The van der Waals surface area contributed by atoms with Crippen molar-refractivity contribution in [2.24, 2.45) is 12.8 Å². The lowest BCUT2D eigenvalue weighted by Crippen LogP contribution is -2.03. The van der Waals surface area contributed by atoms with Crippen LogP contribution < -0.4 is 10.5 Å². The molecule has 4 heteroatoms. The fraction of sp³-hybridized carbons (Fsp3) is 0.235. The van der Waals surface area contributed by atoms with Crippen LogP contribution in [0.3, 0.4) is 0 Å². The van der Waals surface area contributed by atoms with Crippen molar-refractivity contribution in [2.75, 3.05) is 6.54 Å². The number of aromatic nitrogens is 2. The summed E-state index contributed by atoms with van der Waals surface area (Å²) < 4.78 is 7.77. The monoisotopic (exact) mass is 281 g/mol. The summed E-state index contributed by atoms with van der Waals surface area (Å²) in [5, 5.41) is 5.67. The molecule has 0 radical (unpaired) electrons. The number of ether oxygens (including phenoxy) is 1. The van der Waals surface area contributed by atoms with Crippen LogP contribution in [-0.2, 0) is 20.1 Å². The van der Waals surface area contributed by atoms with Gasteiger partial charge in [0.2, 0.25) is 0 Å². The Morgan fingerprint density at radius 2 is 2.00 bits per heavy atom. The molecule has 0 aliphatic carbocycles. The Bertz CT molecular complexity index is 749. The third-order valence-corrected chi connectivity index (χ3v) is 3.54. The molecule has 1 aromatic heterocycles. The van der Waals surface area contributed by atoms with Gasteiger partial charge in [0.05, 0.1) is 5.52 Å². The molecule has 0 saturated heterocycles. The summed E-state index contributed by atoms with van der Waals surface area (Å²) in [6.45, 7) is 1.11. The second-order valence-corrected chi connectivity index (χ2v) is 5.06. The van der Waals surface area contributed by atoms with E-state index < -0.39 is 0 Å². The Morgan fingerprint density at radius 3 is 2.86 bits per heavy atom. The Balaban J connectivity index is 1.79. The van der Waals surface area contributed by atoms with E-state index in [9.17, 15) is 0 Å². The molecule has 0 atom stereocenters.